The Bertz CT molecular complexity index is 478. The topological polar surface area (TPSA) is 67.0 Å². The summed E-state index contributed by atoms with van der Waals surface area (Å²) in [6.07, 6.45) is 1.71. The van der Waals surface area contributed by atoms with E-state index in [-0.39, 0.29) is 12.5 Å². The summed E-state index contributed by atoms with van der Waals surface area (Å²) in [5.41, 5.74) is 1.54. The molecule has 78 valence electrons. The first-order chi connectivity index (χ1) is 7.31. The second kappa shape index (κ2) is 4.10. The second-order valence-electron chi connectivity index (χ2n) is 3.12. The third-order valence-corrected chi connectivity index (χ3v) is 2.03. The monoisotopic (exact) mass is 205 g/mol. The molecule has 0 bridgehead atoms. The molecule has 0 fully saturated rings. The van der Waals surface area contributed by atoms with E-state index in [0.29, 0.717) is 5.69 Å². The van der Waals surface area contributed by atoms with Crippen LogP contribution in [0.25, 0.3) is 10.9 Å². The van der Waals surface area contributed by atoms with Gasteiger partial charge < -0.3 is 10.1 Å². The van der Waals surface area contributed by atoms with Crippen LogP contribution in [0.2, 0.25) is 0 Å². The van der Waals surface area contributed by atoms with Crippen LogP contribution in [0.15, 0.2) is 24.4 Å². The van der Waals surface area contributed by atoms with Gasteiger partial charge in [-0.2, -0.15) is 5.10 Å². The lowest BCUT2D eigenvalue weighted by Crippen LogP contribution is -2.17. The minimum Gasteiger partial charge on any atom is -0.375 e. The maximum atomic E-state index is 11.3. The fraction of sp³-hybridized carbons (Fsp3) is 0.200. The largest absolute Gasteiger partial charge is 0.375 e. The Morgan fingerprint density at radius 3 is 3.27 bits per heavy atom. The number of ether oxygens (including phenoxy) is 1. The number of hydrogen-bond donors (Lipinski definition) is 2. The first kappa shape index (κ1) is 9.67. The number of benzene rings is 1. The van der Waals surface area contributed by atoms with Crippen LogP contribution in [-0.2, 0) is 9.53 Å². The van der Waals surface area contributed by atoms with Gasteiger partial charge in [0.25, 0.3) is 0 Å². The molecule has 5 nitrogen and oxygen atoms in total. The van der Waals surface area contributed by atoms with Crippen molar-refractivity contribution >= 4 is 22.5 Å². The number of anilines is 1. The van der Waals surface area contributed by atoms with Gasteiger partial charge in [0.2, 0.25) is 5.91 Å². The maximum absolute atomic E-state index is 11.3. The zero-order valence-corrected chi connectivity index (χ0v) is 8.28. The van der Waals surface area contributed by atoms with Crippen molar-refractivity contribution in [3.05, 3.63) is 24.4 Å². The molecular weight excluding hydrogens is 194 g/mol. The predicted molar refractivity (Wildman–Crippen MR) is 56.6 cm³/mol. The molecule has 0 aliphatic rings. The van der Waals surface area contributed by atoms with E-state index >= 15 is 0 Å². The van der Waals surface area contributed by atoms with Crippen LogP contribution >= 0.6 is 0 Å². The smallest absolute Gasteiger partial charge is 0.250 e. The van der Waals surface area contributed by atoms with E-state index in [4.69, 9.17) is 4.74 Å². The zero-order valence-electron chi connectivity index (χ0n) is 8.28. The van der Waals surface area contributed by atoms with E-state index in [9.17, 15) is 4.79 Å². The summed E-state index contributed by atoms with van der Waals surface area (Å²) in [6, 6.07) is 5.60. The molecule has 0 saturated carbocycles. The van der Waals surface area contributed by atoms with Crippen molar-refractivity contribution in [2.75, 3.05) is 19.0 Å². The zero-order chi connectivity index (χ0) is 10.7. The summed E-state index contributed by atoms with van der Waals surface area (Å²) >= 11 is 0. The highest BCUT2D eigenvalue weighted by molar-refractivity contribution is 6.00. The van der Waals surface area contributed by atoms with Gasteiger partial charge in [0.05, 0.1) is 17.4 Å². The van der Waals surface area contributed by atoms with Gasteiger partial charge in [-0.3, -0.25) is 9.89 Å². The van der Waals surface area contributed by atoms with E-state index in [0.717, 1.165) is 10.9 Å². The molecule has 0 radical (unpaired) electrons. The summed E-state index contributed by atoms with van der Waals surface area (Å²) in [5.74, 6) is -0.181. The van der Waals surface area contributed by atoms with Gasteiger partial charge in [0.15, 0.2) is 0 Å². The molecule has 2 rings (SSSR count). The number of aromatic amines is 1. The quantitative estimate of drug-likeness (QED) is 0.789. The summed E-state index contributed by atoms with van der Waals surface area (Å²) in [4.78, 5) is 11.3. The van der Waals surface area contributed by atoms with Crippen molar-refractivity contribution in [2.24, 2.45) is 0 Å². The van der Waals surface area contributed by atoms with Gasteiger partial charge in [-0.15, -0.1) is 0 Å². The van der Waals surface area contributed by atoms with E-state index in [1.165, 1.54) is 7.11 Å². The Kier molecular flexibility index (Phi) is 2.64. The third kappa shape index (κ3) is 1.97. The van der Waals surface area contributed by atoms with Gasteiger partial charge in [-0.1, -0.05) is 12.1 Å². The van der Waals surface area contributed by atoms with Gasteiger partial charge >= 0.3 is 0 Å². The number of fused-ring (bicyclic) bond motifs is 1. The van der Waals surface area contributed by atoms with Crippen molar-refractivity contribution in [3.63, 3.8) is 0 Å². The molecule has 1 heterocycles. The number of methoxy groups -OCH3 is 1. The number of amides is 1. The Morgan fingerprint density at radius 2 is 2.47 bits per heavy atom. The van der Waals surface area contributed by atoms with E-state index < -0.39 is 0 Å². The highest BCUT2D eigenvalue weighted by Gasteiger charge is 2.05. The lowest BCUT2D eigenvalue weighted by molar-refractivity contribution is -0.119. The number of hydrogen-bond acceptors (Lipinski definition) is 3. The lowest BCUT2D eigenvalue weighted by atomic mass is 10.2. The van der Waals surface area contributed by atoms with Crippen molar-refractivity contribution in [1.82, 2.24) is 10.2 Å². The van der Waals surface area contributed by atoms with Gasteiger partial charge in [0.1, 0.15) is 6.61 Å². The highest BCUT2D eigenvalue weighted by atomic mass is 16.5. The van der Waals surface area contributed by atoms with Gasteiger partial charge in [-0.25, -0.2) is 0 Å². The van der Waals surface area contributed by atoms with Crippen LogP contribution in [0.1, 0.15) is 0 Å². The molecule has 0 saturated heterocycles. The Labute approximate surface area is 86.4 Å². The summed E-state index contributed by atoms with van der Waals surface area (Å²) < 4.78 is 4.73. The molecular formula is C10H11N3O2. The molecule has 1 aromatic heterocycles. The molecule has 0 spiro atoms. The third-order valence-electron chi connectivity index (χ3n) is 2.03. The first-order valence-corrected chi connectivity index (χ1v) is 4.52. The minimum absolute atomic E-state index is 0.0462. The molecule has 0 aliphatic carbocycles. The average Bonchev–Trinajstić information content (AvgIpc) is 2.67. The lowest BCUT2D eigenvalue weighted by Gasteiger charge is -2.04. The molecule has 5 heteroatoms. The van der Waals surface area contributed by atoms with Crippen molar-refractivity contribution < 1.29 is 9.53 Å². The number of para-hydroxylation sites is 1. The van der Waals surface area contributed by atoms with Crippen LogP contribution in [0.5, 0.6) is 0 Å². The Balaban J connectivity index is 2.27. The van der Waals surface area contributed by atoms with Gasteiger partial charge in [-0.05, 0) is 6.07 Å². The number of rotatable bonds is 3. The van der Waals surface area contributed by atoms with E-state index in [1.54, 1.807) is 6.20 Å². The molecule has 2 N–H and O–H groups in total. The summed E-state index contributed by atoms with van der Waals surface area (Å²) in [5, 5.41) is 10.4. The molecule has 0 atom stereocenters. The summed E-state index contributed by atoms with van der Waals surface area (Å²) in [6.45, 7) is 0.0462. The molecule has 0 unspecified atom stereocenters. The molecule has 1 amide bonds. The van der Waals surface area contributed by atoms with Crippen LogP contribution in [0, 0.1) is 0 Å². The van der Waals surface area contributed by atoms with E-state index in [2.05, 4.69) is 15.5 Å². The Hall–Kier alpha value is -1.88. The number of aromatic nitrogens is 2. The number of H-pyrrole nitrogens is 1. The molecule has 1 aromatic carbocycles. The average molecular weight is 205 g/mol. The number of nitrogens with one attached hydrogen (secondary N) is 2. The van der Waals surface area contributed by atoms with E-state index in [1.807, 2.05) is 18.2 Å². The molecule has 2 aromatic rings. The highest BCUT2D eigenvalue weighted by Crippen LogP contribution is 2.19. The summed E-state index contributed by atoms with van der Waals surface area (Å²) in [7, 11) is 1.48. The standard InChI is InChI=1S/C10H11N3O2/c1-15-6-9(14)12-8-4-2-3-7-5-11-13-10(7)8/h2-5H,6H2,1H3,(H,11,13)(H,12,14). The van der Waals surface area contributed by atoms with Crippen molar-refractivity contribution in [1.29, 1.82) is 0 Å². The maximum Gasteiger partial charge on any atom is 0.250 e. The first-order valence-electron chi connectivity index (χ1n) is 4.52. The Morgan fingerprint density at radius 1 is 1.60 bits per heavy atom. The molecule has 0 aliphatic heterocycles. The number of carbonyl (C=O) groups is 1. The van der Waals surface area contributed by atoms with Gasteiger partial charge in [0, 0.05) is 12.5 Å². The fourth-order valence-corrected chi connectivity index (χ4v) is 1.39. The van der Waals surface area contributed by atoms with Crippen LogP contribution in [-0.4, -0.2) is 29.8 Å². The number of nitrogens with zero attached hydrogens (tertiary/aromatic N) is 1. The van der Waals surface area contributed by atoms with Crippen LogP contribution < -0.4 is 5.32 Å². The molecule has 15 heavy (non-hydrogen) atoms. The van der Waals surface area contributed by atoms with Crippen LogP contribution in [0.3, 0.4) is 0 Å². The normalized spacial score (nSPS) is 10.5. The minimum atomic E-state index is -0.181. The number of carbonyl (C=O) groups excluding carboxylic acids is 1. The second-order valence-corrected chi connectivity index (χ2v) is 3.12. The van der Waals surface area contributed by atoms with Crippen molar-refractivity contribution in [3.8, 4) is 0 Å². The fourth-order valence-electron chi connectivity index (χ4n) is 1.39. The van der Waals surface area contributed by atoms with Crippen LogP contribution in [0.4, 0.5) is 5.69 Å². The predicted octanol–water partition coefficient (Wildman–Crippen LogP) is 1.15. The van der Waals surface area contributed by atoms with Crippen molar-refractivity contribution in [2.45, 2.75) is 0 Å². The SMILES string of the molecule is COCC(=O)Nc1cccc2cn[nH]c12.